The van der Waals surface area contributed by atoms with Crippen LogP contribution in [0.1, 0.15) is 34.6 Å². The minimum absolute atomic E-state index is 0.0328. The van der Waals surface area contributed by atoms with Crippen molar-refractivity contribution in [1.82, 2.24) is 14.5 Å². The first-order valence-corrected chi connectivity index (χ1v) is 7.41. The lowest BCUT2D eigenvalue weighted by atomic mass is 9.89. The zero-order valence-corrected chi connectivity index (χ0v) is 12.4. The summed E-state index contributed by atoms with van der Waals surface area (Å²) in [4.78, 5) is 0.0421. The molecule has 0 fully saturated rings. The predicted octanol–water partition coefficient (Wildman–Crippen LogP) is 1.20. The van der Waals surface area contributed by atoms with Crippen molar-refractivity contribution in [2.45, 2.75) is 52.1 Å². The van der Waals surface area contributed by atoms with E-state index in [9.17, 15) is 8.42 Å². The maximum Gasteiger partial charge on any atom is 0.246 e. The number of sulfonamides is 1. The van der Waals surface area contributed by atoms with Crippen molar-refractivity contribution in [2.75, 3.05) is 5.73 Å². The summed E-state index contributed by atoms with van der Waals surface area (Å²) in [5.41, 5.74) is 5.47. The van der Waals surface area contributed by atoms with Gasteiger partial charge >= 0.3 is 0 Å². The Morgan fingerprint density at radius 1 is 1.50 bits per heavy atom. The van der Waals surface area contributed by atoms with Crippen LogP contribution in [0.4, 0.5) is 5.82 Å². The number of aromatic nitrogens is 2. The number of rotatable bonds is 4. The van der Waals surface area contributed by atoms with Gasteiger partial charge in [0.05, 0.1) is 0 Å². The van der Waals surface area contributed by atoms with Crippen LogP contribution < -0.4 is 10.5 Å². The normalized spacial score (nSPS) is 14.7. The van der Waals surface area contributed by atoms with Gasteiger partial charge in [0, 0.05) is 18.8 Å². The van der Waals surface area contributed by atoms with Crippen molar-refractivity contribution >= 4 is 15.8 Å². The number of nitrogen functional groups attached to an aromatic ring is 1. The van der Waals surface area contributed by atoms with E-state index in [-0.39, 0.29) is 22.2 Å². The lowest BCUT2D eigenvalue weighted by Gasteiger charge is -2.27. The van der Waals surface area contributed by atoms with Gasteiger partial charge in [0.2, 0.25) is 10.0 Å². The molecule has 1 unspecified atom stereocenters. The van der Waals surface area contributed by atoms with Gasteiger partial charge in [-0.25, -0.2) is 13.1 Å². The topological polar surface area (TPSA) is 90.0 Å². The smallest absolute Gasteiger partial charge is 0.246 e. The molecule has 1 aromatic rings. The number of nitrogens with one attached hydrogen (secondary N) is 1. The van der Waals surface area contributed by atoms with E-state index in [2.05, 4.69) is 9.82 Å². The molecule has 1 aromatic heterocycles. The minimum Gasteiger partial charge on any atom is -0.381 e. The van der Waals surface area contributed by atoms with Gasteiger partial charge < -0.3 is 5.73 Å². The highest BCUT2D eigenvalue weighted by atomic mass is 32.2. The Bertz CT molecular complexity index is 514. The van der Waals surface area contributed by atoms with Gasteiger partial charge in [-0.3, -0.25) is 4.68 Å². The molecule has 6 nitrogen and oxygen atoms in total. The lowest BCUT2D eigenvalue weighted by Crippen LogP contribution is -2.41. The van der Waals surface area contributed by atoms with Crippen LogP contribution >= 0.6 is 0 Å². The van der Waals surface area contributed by atoms with Crippen molar-refractivity contribution < 1.29 is 8.42 Å². The zero-order valence-electron chi connectivity index (χ0n) is 11.6. The number of nitrogens with two attached hydrogens (primary N) is 1. The third kappa shape index (κ3) is 3.23. The second-order valence-electron chi connectivity index (χ2n) is 5.44. The molecule has 0 aliphatic rings. The van der Waals surface area contributed by atoms with Crippen molar-refractivity contribution in [2.24, 2.45) is 5.41 Å². The number of aryl methyl sites for hydroxylation is 1. The Morgan fingerprint density at radius 2 is 2.06 bits per heavy atom. The highest BCUT2D eigenvalue weighted by Crippen LogP contribution is 2.22. The van der Waals surface area contributed by atoms with Crippen LogP contribution in [-0.4, -0.2) is 24.2 Å². The fourth-order valence-electron chi connectivity index (χ4n) is 1.26. The molecule has 18 heavy (non-hydrogen) atoms. The van der Waals surface area contributed by atoms with Crippen LogP contribution in [0.5, 0.6) is 0 Å². The molecule has 0 bridgehead atoms. The number of nitrogens with zero attached hydrogens (tertiary/aromatic N) is 2. The molecule has 0 saturated heterocycles. The van der Waals surface area contributed by atoms with E-state index in [1.165, 1.54) is 10.9 Å². The standard InChI is InChI=1S/C11H22N4O2S/c1-6-15-7-9(10(12)13-15)18(16,17)14-8(2)11(3,4)5/h7-8,14H,6H2,1-5H3,(H2,12,13). The maximum absolute atomic E-state index is 12.2. The third-order valence-corrected chi connectivity index (χ3v) is 4.56. The molecular weight excluding hydrogens is 252 g/mol. The zero-order chi connectivity index (χ0) is 14.1. The summed E-state index contributed by atoms with van der Waals surface area (Å²) in [5, 5.41) is 3.94. The molecule has 0 aliphatic heterocycles. The van der Waals surface area contributed by atoms with E-state index < -0.39 is 10.0 Å². The monoisotopic (exact) mass is 274 g/mol. The van der Waals surface area contributed by atoms with Crippen LogP contribution in [0.2, 0.25) is 0 Å². The minimum atomic E-state index is -3.62. The average molecular weight is 274 g/mol. The quantitative estimate of drug-likeness (QED) is 0.863. The second-order valence-corrected chi connectivity index (χ2v) is 7.13. The average Bonchev–Trinajstić information content (AvgIpc) is 2.58. The lowest BCUT2D eigenvalue weighted by molar-refractivity contribution is 0.317. The first-order chi connectivity index (χ1) is 8.08. The van der Waals surface area contributed by atoms with Gasteiger partial charge in [-0.05, 0) is 19.3 Å². The van der Waals surface area contributed by atoms with Gasteiger partial charge in [0.25, 0.3) is 0 Å². The Morgan fingerprint density at radius 3 is 2.44 bits per heavy atom. The van der Waals surface area contributed by atoms with Gasteiger partial charge in [0.1, 0.15) is 4.90 Å². The Labute approximate surface area is 109 Å². The number of hydrogen-bond donors (Lipinski definition) is 2. The summed E-state index contributed by atoms with van der Waals surface area (Å²) in [6.45, 7) is 10.2. The third-order valence-electron chi connectivity index (χ3n) is 3.00. The first kappa shape index (κ1) is 15.0. The summed E-state index contributed by atoms with van der Waals surface area (Å²) < 4.78 is 28.5. The molecule has 0 amide bonds. The van der Waals surface area contributed by atoms with E-state index in [4.69, 9.17) is 5.73 Å². The Balaban J connectivity index is 3.03. The van der Waals surface area contributed by atoms with E-state index in [0.29, 0.717) is 6.54 Å². The van der Waals surface area contributed by atoms with Crippen molar-refractivity contribution in [3.05, 3.63) is 6.20 Å². The molecule has 1 rings (SSSR count). The summed E-state index contributed by atoms with van der Waals surface area (Å²) in [6.07, 6.45) is 1.45. The number of hydrogen-bond acceptors (Lipinski definition) is 4. The summed E-state index contributed by atoms with van der Waals surface area (Å²) in [6, 6.07) is -0.202. The van der Waals surface area contributed by atoms with E-state index in [1.54, 1.807) is 0 Å². The predicted molar refractivity (Wildman–Crippen MR) is 71.6 cm³/mol. The Kier molecular flexibility index (Phi) is 4.07. The van der Waals surface area contributed by atoms with Crippen molar-refractivity contribution in [3.8, 4) is 0 Å². The van der Waals surface area contributed by atoms with Gasteiger partial charge in [-0.15, -0.1) is 0 Å². The highest BCUT2D eigenvalue weighted by molar-refractivity contribution is 7.89. The van der Waals surface area contributed by atoms with Gasteiger partial charge in [0.15, 0.2) is 5.82 Å². The van der Waals surface area contributed by atoms with E-state index >= 15 is 0 Å². The first-order valence-electron chi connectivity index (χ1n) is 5.93. The molecule has 3 N–H and O–H groups in total. The molecule has 0 radical (unpaired) electrons. The molecule has 0 aliphatic carbocycles. The molecular formula is C11H22N4O2S. The fraction of sp³-hybridized carbons (Fsp3) is 0.727. The molecule has 0 saturated carbocycles. The van der Waals surface area contributed by atoms with E-state index in [1.807, 2.05) is 34.6 Å². The molecule has 1 atom stereocenters. The molecule has 0 aromatic carbocycles. The van der Waals surface area contributed by atoms with Crippen LogP contribution in [0.3, 0.4) is 0 Å². The Hall–Kier alpha value is -1.08. The van der Waals surface area contributed by atoms with Crippen LogP contribution in [0.15, 0.2) is 11.1 Å². The summed E-state index contributed by atoms with van der Waals surface area (Å²) in [7, 11) is -3.62. The van der Waals surface area contributed by atoms with Gasteiger partial charge in [-0.1, -0.05) is 20.8 Å². The molecule has 104 valence electrons. The van der Waals surface area contributed by atoms with Crippen LogP contribution in [-0.2, 0) is 16.6 Å². The molecule has 7 heteroatoms. The van der Waals surface area contributed by atoms with Crippen LogP contribution in [0, 0.1) is 5.41 Å². The summed E-state index contributed by atoms with van der Waals surface area (Å²) in [5.74, 6) is 0.0328. The molecule has 1 heterocycles. The molecule has 0 spiro atoms. The highest BCUT2D eigenvalue weighted by Gasteiger charge is 2.28. The van der Waals surface area contributed by atoms with Crippen molar-refractivity contribution in [3.63, 3.8) is 0 Å². The van der Waals surface area contributed by atoms with E-state index in [0.717, 1.165) is 0 Å². The van der Waals surface area contributed by atoms with Gasteiger partial charge in [-0.2, -0.15) is 5.10 Å². The fourth-order valence-corrected chi connectivity index (χ4v) is 2.78. The largest absolute Gasteiger partial charge is 0.381 e. The second kappa shape index (κ2) is 4.89. The SMILES string of the molecule is CCn1cc(S(=O)(=O)NC(C)C(C)(C)C)c(N)n1. The van der Waals surface area contributed by atoms with Crippen LogP contribution in [0.25, 0.3) is 0 Å². The number of anilines is 1. The van der Waals surface area contributed by atoms with Crippen molar-refractivity contribution in [1.29, 1.82) is 0 Å². The summed E-state index contributed by atoms with van der Waals surface area (Å²) >= 11 is 0. The maximum atomic E-state index is 12.2.